The second-order valence-electron chi connectivity index (χ2n) is 4.04. The average Bonchev–Trinajstić information content (AvgIpc) is 2.45. The fraction of sp³-hybridized carbons (Fsp3) is 0.167. The predicted octanol–water partition coefficient (Wildman–Crippen LogP) is 3.50. The molecule has 0 amide bonds. The van der Waals surface area contributed by atoms with Crippen LogP contribution in [0.3, 0.4) is 0 Å². The molecule has 0 aromatic carbocycles. The monoisotopic (exact) mass is 306 g/mol. The molecule has 0 aliphatic rings. The first-order chi connectivity index (χ1) is 9.73. The van der Waals surface area contributed by atoms with E-state index in [-0.39, 0.29) is 0 Å². The van der Waals surface area contributed by atoms with Gasteiger partial charge in [-0.2, -0.15) is 8.78 Å². The van der Waals surface area contributed by atoms with E-state index in [1.165, 1.54) is 0 Å². The number of halogens is 6. The minimum atomic E-state index is -1.86. The fourth-order valence-corrected chi connectivity index (χ4v) is 1.47. The molecule has 0 N–H and O–H groups in total. The van der Waals surface area contributed by atoms with E-state index in [1.54, 1.807) is 0 Å². The fourth-order valence-electron chi connectivity index (χ4n) is 1.47. The van der Waals surface area contributed by atoms with Crippen molar-refractivity contribution in [3.63, 3.8) is 0 Å². The Hall–Kier alpha value is -2.32. The zero-order chi connectivity index (χ0) is 15.9. The molecule has 111 valence electrons. The molecule has 0 aliphatic heterocycles. The third-order valence-electron chi connectivity index (χ3n) is 2.56. The molecule has 0 atom stereocenters. The van der Waals surface area contributed by atoms with E-state index in [4.69, 9.17) is 0 Å². The molecule has 1 radical (unpaired) electrons. The van der Waals surface area contributed by atoms with Gasteiger partial charge >= 0.3 is 0 Å². The summed E-state index contributed by atoms with van der Waals surface area (Å²) in [6.45, 7) is 2.05. The predicted molar refractivity (Wildman–Crippen MR) is 59.1 cm³/mol. The second-order valence-corrected chi connectivity index (χ2v) is 4.04. The number of aryl methyl sites for hydroxylation is 2. The lowest BCUT2D eigenvalue weighted by molar-refractivity contribution is 0.429. The van der Waals surface area contributed by atoms with Crippen molar-refractivity contribution < 1.29 is 26.3 Å². The Balaban J connectivity index is 2.54. The van der Waals surface area contributed by atoms with Crippen molar-refractivity contribution in [2.75, 3.05) is 0 Å². The zero-order valence-electron chi connectivity index (χ0n) is 10.6. The Bertz CT molecular complexity index is 670. The highest BCUT2D eigenvalue weighted by molar-refractivity contribution is 5.43. The third-order valence-corrected chi connectivity index (χ3v) is 2.56. The number of hydrogen-bond donors (Lipinski definition) is 0. The molecule has 0 aliphatic carbocycles. The molecule has 2 rings (SSSR count). The van der Waals surface area contributed by atoms with Crippen LogP contribution in [0.4, 0.5) is 38.0 Å². The lowest BCUT2D eigenvalue weighted by atomic mass is 10.3. The van der Waals surface area contributed by atoms with E-state index in [2.05, 4.69) is 15.3 Å². The molecule has 0 unspecified atom stereocenters. The molecule has 0 bridgehead atoms. The van der Waals surface area contributed by atoms with Crippen LogP contribution in [0.15, 0.2) is 0 Å². The van der Waals surface area contributed by atoms with Gasteiger partial charge in [-0.1, -0.05) is 0 Å². The molecule has 3 nitrogen and oxygen atoms in total. The van der Waals surface area contributed by atoms with Crippen molar-refractivity contribution in [1.29, 1.82) is 0 Å². The molecule has 2 aromatic rings. The van der Waals surface area contributed by atoms with Gasteiger partial charge in [0.1, 0.15) is 0 Å². The van der Waals surface area contributed by atoms with Crippen LogP contribution in [0.2, 0.25) is 0 Å². The van der Waals surface area contributed by atoms with Crippen molar-refractivity contribution in [3.8, 4) is 0 Å². The van der Waals surface area contributed by atoms with Gasteiger partial charge in [0.05, 0.1) is 11.4 Å². The van der Waals surface area contributed by atoms with Gasteiger partial charge in [0.15, 0.2) is 34.9 Å². The number of pyridine rings is 2. The molecule has 0 fully saturated rings. The normalized spacial score (nSPS) is 10.9. The Morgan fingerprint density at radius 3 is 1.24 bits per heavy atom. The maximum Gasteiger partial charge on any atom is 0.206 e. The summed E-state index contributed by atoms with van der Waals surface area (Å²) >= 11 is 0. The molecule has 0 saturated heterocycles. The van der Waals surface area contributed by atoms with E-state index < -0.39 is 57.9 Å². The van der Waals surface area contributed by atoms with Crippen LogP contribution in [0.25, 0.3) is 0 Å². The van der Waals surface area contributed by atoms with Crippen LogP contribution in [-0.2, 0) is 0 Å². The van der Waals surface area contributed by atoms with Gasteiger partial charge in [-0.05, 0) is 13.8 Å². The van der Waals surface area contributed by atoms with Gasteiger partial charge in [-0.25, -0.2) is 32.8 Å². The zero-order valence-corrected chi connectivity index (χ0v) is 10.6. The number of rotatable bonds is 2. The summed E-state index contributed by atoms with van der Waals surface area (Å²) in [6, 6.07) is 0. The lowest BCUT2D eigenvalue weighted by Crippen LogP contribution is -2.09. The lowest BCUT2D eigenvalue weighted by Gasteiger charge is -2.08. The maximum atomic E-state index is 13.5. The summed E-state index contributed by atoms with van der Waals surface area (Å²) in [7, 11) is 0. The van der Waals surface area contributed by atoms with Crippen LogP contribution < -0.4 is 5.32 Å². The molecule has 2 aromatic heterocycles. The smallest absolute Gasteiger partial charge is 0.206 e. The van der Waals surface area contributed by atoms with E-state index in [0.717, 1.165) is 13.8 Å². The standard InChI is InChI=1S/C12H6F6N3/c1-3-5(13)7(15)9(17)11(19-3)21-12-10(18)8(16)6(14)4(2)20-12/h1-2H3. The first-order valence-corrected chi connectivity index (χ1v) is 5.48. The first kappa shape index (κ1) is 15.1. The summed E-state index contributed by atoms with van der Waals surface area (Å²) in [5, 5.41) is 3.18. The highest BCUT2D eigenvalue weighted by atomic mass is 19.2. The molecule has 9 heteroatoms. The minimum absolute atomic E-state index is 0.535. The largest absolute Gasteiger partial charge is 0.228 e. The van der Waals surface area contributed by atoms with Crippen LogP contribution in [0.1, 0.15) is 11.4 Å². The molecule has 2 heterocycles. The Labute approximate surface area is 114 Å². The van der Waals surface area contributed by atoms with E-state index in [1.807, 2.05) is 0 Å². The molecule has 0 saturated carbocycles. The van der Waals surface area contributed by atoms with Gasteiger partial charge in [-0.3, -0.25) is 0 Å². The van der Waals surface area contributed by atoms with Crippen LogP contribution in [-0.4, -0.2) is 9.97 Å². The summed E-state index contributed by atoms with van der Waals surface area (Å²) in [5.74, 6) is -12.4. The maximum absolute atomic E-state index is 13.5. The summed E-state index contributed by atoms with van der Waals surface area (Å²) < 4.78 is 79.4. The second kappa shape index (κ2) is 5.23. The summed E-state index contributed by atoms with van der Waals surface area (Å²) in [4.78, 5) is 6.54. The van der Waals surface area contributed by atoms with Crippen molar-refractivity contribution in [3.05, 3.63) is 46.3 Å². The summed E-state index contributed by atoms with van der Waals surface area (Å²) in [6.07, 6.45) is 0. The van der Waals surface area contributed by atoms with Gasteiger partial charge in [0.25, 0.3) is 0 Å². The first-order valence-electron chi connectivity index (χ1n) is 5.48. The number of nitrogens with zero attached hydrogens (tertiary/aromatic N) is 3. The van der Waals surface area contributed by atoms with Crippen LogP contribution in [0.5, 0.6) is 0 Å². The molecular formula is C12H6F6N3. The number of hydrogen-bond acceptors (Lipinski definition) is 2. The molecule has 21 heavy (non-hydrogen) atoms. The van der Waals surface area contributed by atoms with Gasteiger partial charge in [0, 0.05) is 0 Å². The van der Waals surface area contributed by atoms with Gasteiger partial charge in [0.2, 0.25) is 11.6 Å². The van der Waals surface area contributed by atoms with Crippen LogP contribution in [0, 0.1) is 48.8 Å². The Morgan fingerprint density at radius 2 is 0.905 bits per heavy atom. The highest BCUT2D eigenvalue weighted by Gasteiger charge is 2.24. The highest BCUT2D eigenvalue weighted by Crippen LogP contribution is 2.26. The minimum Gasteiger partial charge on any atom is -0.228 e. The Kier molecular flexibility index (Phi) is 3.75. The van der Waals surface area contributed by atoms with Gasteiger partial charge < -0.3 is 0 Å². The van der Waals surface area contributed by atoms with Crippen molar-refractivity contribution in [1.82, 2.24) is 15.3 Å². The molecular weight excluding hydrogens is 300 g/mol. The van der Waals surface area contributed by atoms with Crippen molar-refractivity contribution in [2.24, 2.45) is 0 Å². The van der Waals surface area contributed by atoms with Crippen molar-refractivity contribution >= 4 is 11.6 Å². The summed E-state index contributed by atoms with van der Waals surface area (Å²) in [5.41, 5.74) is -1.07. The third kappa shape index (κ3) is 2.50. The van der Waals surface area contributed by atoms with E-state index in [0.29, 0.717) is 0 Å². The number of aromatic nitrogens is 2. The SMILES string of the molecule is Cc1nc([N]c2nc(C)c(F)c(F)c2F)c(F)c(F)c1F. The van der Waals surface area contributed by atoms with E-state index in [9.17, 15) is 26.3 Å². The van der Waals surface area contributed by atoms with Crippen molar-refractivity contribution in [2.45, 2.75) is 13.8 Å². The average molecular weight is 306 g/mol. The molecule has 0 spiro atoms. The topological polar surface area (TPSA) is 39.9 Å². The van der Waals surface area contributed by atoms with Gasteiger partial charge in [-0.15, -0.1) is 0 Å². The van der Waals surface area contributed by atoms with E-state index >= 15 is 0 Å². The quantitative estimate of drug-likeness (QED) is 0.797. The van der Waals surface area contributed by atoms with Crippen LogP contribution >= 0.6 is 0 Å². The Morgan fingerprint density at radius 1 is 0.571 bits per heavy atom.